The molecule has 0 bridgehead atoms. The maximum absolute atomic E-state index is 13.0. The number of thiophene rings is 1. The molecule has 168 valence electrons. The number of amides is 1. The fourth-order valence-electron chi connectivity index (χ4n) is 3.42. The maximum atomic E-state index is 13.0. The summed E-state index contributed by atoms with van der Waals surface area (Å²) in [5.74, 6) is -0.728. The number of anilines is 1. The van der Waals surface area contributed by atoms with E-state index in [1.165, 1.54) is 11.3 Å². The van der Waals surface area contributed by atoms with Gasteiger partial charge >= 0.3 is 5.97 Å². The smallest absolute Gasteiger partial charge is 0.341 e. The Morgan fingerprint density at radius 1 is 1.26 bits per heavy atom. The van der Waals surface area contributed by atoms with E-state index in [4.69, 9.17) is 33.1 Å². The second-order valence-electron chi connectivity index (χ2n) is 7.77. The molecule has 0 spiro atoms. The zero-order valence-corrected chi connectivity index (χ0v) is 20.3. The summed E-state index contributed by atoms with van der Waals surface area (Å²) >= 11 is 13.4. The van der Waals surface area contributed by atoms with Crippen molar-refractivity contribution in [2.24, 2.45) is 11.1 Å². The van der Waals surface area contributed by atoms with Gasteiger partial charge in [-0.15, -0.1) is 11.3 Å². The van der Waals surface area contributed by atoms with Gasteiger partial charge in [0.15, 0.2) is 0 Å². The number of carbonyl (C=O) groups is 2. The third-order valence-electron chi connectivity index (χ3n) is 4.86. The van der Waals surface area contributed by atoms with Crippen LogP contribution in [0.15, 0.2) is 17.0 Å². The summed E-state index contributed by atoms with van der Waals surface area (Å²) in [4.78, 5) is 26.4. The molecule has 2 aromatic rings. The van der Waals surface area contributed by atoms with Crippen LogP contribution in [0.4, 0.5) is 5.00 Å². The molecule has 0 saturated heterocycles. The zero-order valence-electron chi connectivity index (χ0n) is 17.1. The lowest BCUT2D eigenvalue weighted by Crippen LogP contribution is -2.19. The van der Waals surface area contributed by atoms with Crippen molar-refractivity contribution < 1.29 is 22.7 Å². The summed E-state index contributed by atoms with van der Waals surface area (Å²) in [5.41, 5.74) is 1.10. The van der Waals surface area contributed by atoms with Gasteiger partial charge in [0.2, 0.25) is 10.0 Å². The van der Waals surface area contributed by atoms with Crippen LogP contribution >= 0.6 is 34.5 Å². The molecule has 3 N–H and O–H groups in total. The Hall–Kier alpha value is -1.65. The van der Waals surface area contributed by atoms with Gasteiger partial charge in [-0.05, 0) is 56.7 Å². The molecule has 0 fully saturated rings. The van der Waals surface area contributed by atoms with Gasteiger partial charge in [0.1, 0.15) is 9.90 Å². The number of nitrogens with two attached hydrogens (primary N) is 1. The number of hydrogen-bond donors (Lipinski definition) is 2. The Bertz CT molecular complexity index is 1160. The average molecular weight is 505 g/mol. The highest BCUT2D eigenvalue weighted by atomic mass is 35.5. The number of fused-ring (bicyclic) bond motifs is 1. The van der Waals surface area contributed by atoms with E-state index in [2.05, 4.69) is 12.2 Å². The van der Waals surface area contributed by atoms with Gasteiger partial charge in [-0.1, -0.05) is 30.1 Å². The van der Waals surface area contributed by atoms with Crippen LogP contribution < -0.4 is 10.5 Å². The van der Waals surface area contributed by atoms with Crippen LogP contribution in [0.5, 0.6) is 0 Å². The third-order valence-corrected chi connectivity index (χ3v) is 7.72. The van der Waals surface area contributed by atoms with E-state index >= 15 is 0 Å². The second-order valence-corrected chi connectivity index (χ2v) is 11.2. The summed E-state index contributed by atoms with van der Waals surface area (Å²) in [6.07, 6.45) is 2.12. The van der Waals surface area contributed by atoms with Gasteiger partial charge in [0.25, 0.3) is 5.91 Å². The van der Waals surface area contributed by atoms with Crippen LogP contribution in [0.25, 0.3) is 0 Å². The molecule has 1 atom stereocenters. The Morgan fingerprint density at radius 2 is 1.94 bits per heavy atom. The normalized spacial score (nSPS) is 16.2. The molecular weight excluding hydrogens is 483 g/mol. The van der Waals surface area contributed by atoms with Crippen molar-refractivity contribution in [2.75, 3.05) is 5.32 Å². The lowest BCUT2D eigenvalue weighted by molar-refractivity contribution is 0.0378. The third kappa shape index (κ3) is 5.23. The van der Waals surface area contributed by atoms with Gasteiger partial charge in [0, 0.05) is 4.88 Å². The van der Waals surface area contributed by atoms with Crippen molar-refractivity contribution in [1.29, 1.82) is 0 Å². The minimum atomic E-state index is -4.16. The van der Waals surface area contributed by atoms with Crippen LogP contribution in [0.2, 0.25) is 10.0 Å². The highest BCUT2D eigenvalue weighted by molar-refractivity contribution is 7.89. The minimum Gasteiger partial charge on any atom is -0.459 e. The molecule has 1 aliphatic rings. The largest absolute Gasteiger partial charge is 0.459 e. The molecule has 0 unspecified atom stereocenters. The lowest BCUT2D eigenvalue weighted by atomic mass is 9.88. The van der Waals surface area contributed by atoms with Crippen molar-refractivity contribution in [1.82, 2.24) is 0 Å². The molecule has 11 heteroatoms. The first-order valence-electron chi connectivity index (χ1n) is 9.57. The molecule has 7 nitrogen and oxygen atoms in total. The van der Waals surface area contributed by atoms with E-state index in [9.17, 15) is 18.0 Å². The molecule has 1 amide bonds. The quantitative estimate of drug-likeness (QED) is 0.575. The first kappa shape index (κ1) is 24.0. The van der Waals surface area contributed by atoms with E-state index in [-0.39, 0.29) is 21.7 Å². The fourth-order valence-corrected chi connectivity index (χ4v) is 6.22. The van der Waals surface area contributed by atoms with Gasteiger partial charge in [-0.2, -0.15) is 0 Å². The van der Waals surface area contributed by atoms with Gasteiger partial charge in [0.05, 0.1) is 27.3 Å². The number of ether oxygens (including phenoxy) is 1. The molecular formula is C20H22Cl2N2O5S2. The Kier molecular flexibility index (Phi) is 7.02. The van der Waals surface area contributed by atoms with E-state index in [1.54, 1.807) is 13.8 Å². The van der Waals surface area contributed by atoms with Crippen LogP contribution in [0.3, 0.4) is 0 Å². The molecule has 0 radical (unpaired) electrons. The number of sulfonamides is 1. The van der Waals surface area contributed by atoms with Crippen LogP contribution in [-0.4, -0.2) is 26.4 Å². The minimum absolute atomic E-state index is 0.0452. The van der Waals surface area contributed by atoms with Crippen molar-refractivity contribution in [2.45, 2.75) is 51.0 Å². The number of esters is 1. The predicted octanol–water partition coefficient (Wildman–Crippen LogP) is 4.64. The van der Waals surface area contributed by atoms with E-state index in [0.717, 1.165) is 35.4 Å². The number of benzene rings is 1. The number of hydrogen-bond acceptors (Lipinski definition) is 6. The molecule has 1 aromatic heterocycles. The first-order valence-corrected chi connectivity index (χ1v) is 12.7. The first-order chi connectivity index (χ1) is 14.4. The van der Waals surface area contributed by atoms with Gasteiger partial charge in [-0.3, -0.25) is 4.79 Å². The predicted molar refractivity (Wildman–Crippen MR) is 122 cm³/mol. The number of carbonyl (C=O) groups excluding carboxylic acids is 2. The number of primary sulfonamides is 1. The molecule has 3 rings (SSSR count). The van der Waals surface area contributed by atoms with Crippen molar-refractivity contribution >= 4 is 61.4 Å². The molecule has 31 heavy (non-hydrogen) atoms. The molecule has 1 aliphatic carbocycles. The SMILES string of the molecule is CC(C)OC(=O)c1c(NC(=O)c2cc(S(N)(=O)=O)c(Cl)cc2Cl)sc2c1CC[C@H](C)C2. The highest BCUT2D eigenvalue weighted by Gasteiger charge is 2.30. The number of rotatable bonds is 5. The van der Waals surface area contributed by atoms with Crippen LogP contribution in [-0.2, 0) is 27.6 Å². The number of nitrogens with one attached hydrogen (secondary N) is 1. The van der Waals surface area contributed by atoms with Crippen LogP contribution in [0.1, 0.15) is 58.3 Å². The summed E-state index contributed by atoms with van der Waals surface area (Å²) < 4.78 is 28.9. The monoisotopic (exact) mass is 504 g/mol. The Balaban J connectivity index is 2.03. The topological polar surface area (TPSA) is 116 Å². The maximum Gasteiger partial charge on any atom is 0.341 e. The van der Waals surface area contributed by atoms with Gasteiger partial charge in [-0.25, -0.2) is 18.4 Å². The zero-order chi connectivity index (χ0) is 23.1. The van der Waals surface area contributed by atoms with E-state index in [0.29, 0.717) is 22.9 Å². The second kappa shape index (κ2) is 9.07. The fraction of sp³-hybridized carbons (Fsp3) is 0.400. The summed E-state index contributed by atoms with van der Waals surface area (Å²) in [7, 11) is -4.16. The Morgan fingerprint density at radius 3 is 2.55 bits per heavy atom. The molecule has 0 saturated carbocycles. The molecule has 0 aliphatic heterocycles. The lowest BCUT2D eigenvalue weighted by Gasteiger charge is -2.19. The standard InChI is InChI=1S/C20H22Cl2N2O5S2/c1-9(2)29-20(26)17-11-5-4-10(3)6-15(11)30-19(17)24-18(25)12-7-16(31(23,27)28)14(22)8-13(12)21/h7-10H,4-6H2,1-3H3,(H,24,25)(H2,23,27,28)/t10-/m0/s1. The summed E-state index contributed by atoms with van der Waals surface area (Å²) in [6.45, 7) is 5.63. The van der Waals surface area contributed by atoms with Crippen molar-refractivity contribution in [3.63, 3.8) is 0 Å². The summed E-state index contributed by atoms with van der Waals surface area (Å²) in [6, 6.07) is 2.17. The number of halogens is 2. The molecule has 1 aromatic carbocycles. The van der Waals surface area contributed by atoms with Gasteiger partial charge < -0.3 is 10.1 Å². The van der Waals surface area contributed by atoms with E-state index in [1.807, 2.05) is 0 Å². The highest BCUT2D eigenvalue weighted by Crippen LogP contribution is 2.40. The molecule has 1 heterocycles. The van der Waals surface area contributed by atoms with Crippen molar-refractivity contribution in [3.05, 3.63) is 43.7 Å². The summed E-state index contributed by atoms with van der Waals surface area (Å²) in [5, 5.41) is 7.99. The van der Waals surface area contributed by atoms with Crippen molar-refractivity contribution in [3.8, 4) is 0 Å². The Labute approximate surface area is 194 Å². The van der Waals surface area contributed by atoms with E-state index < -0.39 is 26.8 Å². The average Bonchev–Trinajstić information content (AvgIpc) is 2.96. The van der Waals surface area contributed by atoms with Crippen LogP contribution in [0, 0.1) is 5.92 Å².